The minimum Gasteiger partial charge on any atom is -0.756 e. The van der Waals surface area contributed by atoms with Crippen molar-refractivity contribution in [1.82, 2.24) is 0 Å². The van der Waals surface area contributed by atoms with Crippen LogP contribution in [0.25, 0.3) is 0 Å². The molecular weight excluding hydrogens is 786 g/mol. The Bertz CT molecular complexity index is 1090. The van der Waals surface area contributed by atoms with Gasteiger partial charge in [0.15, 0.2) is 6.10 Å². The number of carbonyl (C=O) groups is 2. The Morgan fingerprint density at radius 3 is 1.26 bits per heavy atom. The maximum absolute atomic E-state index is 12.7. The van der Waals surface area contributed by atoms with E-state index in [-0.39, 0.29) is 26.1 Å². The van der Waals surface area contributed by atoms with Gasteiger partial charge in [-0.2, -0.15) is 0 Å². The van der Waals surface area contributed by atoms with Crippen LogP contribution in [0.3, 0.4) is 0 Å². The fraction of sp³-hybridized carbons (Fsp3) is 0.882. The number of carbonyl (C=O) groups excluding carboxylic acids is 2. The number of unbranched alkanes of at least 4 members (excludes halogenated alkanes) is 29. The first-order valence-corrected chi connectivity index (χ1v) is 27.0. The summed E-state index contributed by atoms with van der Waals surface area (Å²) in [5, 5.41) is 0. The third-order valence-corrected chi connectivity index (χ3v) is 12.2. The number of ether oxygens (including phenoxy) is 2. The number of nitrogens with zero attached hydrogens (tertiary/aromatic N) is 1. The summed E-state index contributed by atoms with van der Waals surface area (Å²) in [6.45, 7) is 4.21. The average Bonchev–Trinajstić information content (AvgIpc) is 3.21. The Hall–Kier alpha value is -1.51. The lowest BCUT2D eigenvalue weighted by Gasteiger charge is -2.28. The predicted molar refractivity (Wildman–Crippen MR) is 254 cm³/mol. The largest absolute Gasteiger partial charge is 0.756 e. The molecule has 0 amide bonds. The molecule has 0 spiro atoms. The van der Waals surface area contributed by atoms with Gasteiger partial charge < -0.3 is 27.9 Å². The van der Waals surface area contributed by atoms with Gasteiger partial charge in [0.25, 0.3) is 7.82 Å². The van der Waals surface area contributed by atoms with Crippen LogP contribution in [0.4, 0.5) is 0 Å². The van der Waals surface area contributed by atoms with Crippen LogP contribution in [0.5, 0.6) is 0 Å². The Morgan fingerprint density at radius 1 is 0.492 bits per heavy atom. The third-order valence-electron chi connectivity index (χ3n) is 11.2. The predicted octanol–water partition coefficient (Wildman–Crippen LogP) is 14.5. The molecule has 0 aromatic carbocycles. The van der Waals surface area contributed by atoms with Crippen molar-refractivity contribution in [1.29, 1.82) is 0 Å². The topological polar surface area (TPSA) is 111 Å². The van der Waals surface area contributed by atoms with Crippen molar-refractivity contribution >= 4 is 19.8 Å². The Labute approximate surface area is 377 Å². The molecule has 1 unspecified atom stereocenters. The van der Waals surface area contributed by atoms with Crippen LogP contribution in [-0.4, -0.2) is 70.0 Å². The van der Waals surface area contributed by atoms with Crippen molar-refractivity contribution in [2.45, 2.75) is 245 Å². The van der Waals surface area contributed by atoms with E-state index in [9.17, 15) is 19.0 Å². The summed E-state index contributed by atoms with van der Waals surface area (Å²) >= 11 is 0. The minimum absolute atomic E-state index is 0.0351. The normalized spacial score (nSPS) is 13.6. The van der Waals surface area contributed by atoms with E-state index in [0.717, 1.165) is 51.4 Å². The first kappa shape index (κ1) is 59.5. The number of quaternary nitrogens is 1. The number of allylic oxidation sites excluding steroid dienone is 4. The third kappa shape index (κ3) is 47.8. The molecule has 9 nitrogen and oxygen atoms in total. The summed E-state index contributed by atoms with van der Waals surface area (Å²) < 4.78 is 34.0. The number of phosphoric acid groups is 1. The lowest BCUT2D eigenvalue weighted by atomic mass is 10.0. The second-order valence-corrected chi connectivity index (χ2v) is 19.9. The summed E-state index contributed by atoms with van der Waals surface area (Å²) in [4.78, 5) is 37.6. The summed E-state index contributed by atoms with van der Waals surface area (Å²) in [6.07, 6.45) is 49.4. The Balaban J connectivity index is 4.24. The van der Waals surface area contributed by atoms with Gasteiger partial charge in [0, 0.05) is 12.8 Å². The van der Waals surface area contributed by atoms with Crippen molar-refractivity contribution < 1.29 is 42.1 Å². The lowest BCUT2D eigenvalue weighted by Crippen LogP contribution is -2.37. The molecule has 2 atom stereocenters. The molecule has 0 fully saturated rings. The van der Waals surface area contributed by atoms with Crippen LogP contribution in [0.2, 0.25) is 0 Å². The number of likely N-dealkylation sites (N-methyl/N-ethyl adjacent to an activating group) is 1. The highest BCUT2D eigenvalue weighted by Crippen LogP contribution is 2.38. The van der Waals surface area contributed by atoms with Crippen molar-refractivity contribution in [3.05, 3.63) is 24.3 Å². The monoisotopic (exact) mass is 884 g/mol. The second kappa shape index (κ2) is 43.7. The summed E-state index contributed by atoms with van der Waals surface area (Å²) in [5.74, 6) is -0.873. The smallest absolute Gasteiger partial charge is 0.306 e. The van der Waals surface area contributed by atoms with Gasteiger partial charge in [-0.05, 0) is 57.8 Å². The van der Waals surface area contributed by atoms with Crippen molar-refractivity contribution in [2.24, 2.45) is 0 Å². The van der Waals surface area contributed by atoms with Crippen LogP contribution >= 0.6 is 7.82 Å². The lowest BCUT2D eigenvalue weighted by molar-refractivity contribution is -0.870. The quantitative estimate of drug-likeness (QED) is 0.0195. The van der Waals surface area contributed by atoms with Gasteiger partial charge in [-0.1, -0.05) is 192 Å². The Kier molecular flexibility index (Phi) is 42.6. The fourth-order valence-electron chi connectivity index (χ4n) is 7.18. The minimum atomic E-state index is -4.63. The van der Waals surface area contributed by atoms with E-state index in [1.807, 2.05) is 21.1 Å². The first-order chi connectivity index (χ1) is 29.5. The molecular formula is C51H98NO8P. The van der Waals surface area contributed by atoms with Gasteiger partial charge in [-0.15, -0.1) is 0 Å². The second-order valence-electron chi connectivity index (χ2n) is 18.5. The molecule has 0 aliphatic rings. The van der Waals surface area contributed by atoms with Gasteiger partial charge in [0.05, 0.1) is 27.7 Å². The number of phosphoric ester groups is 1. The molecule has 0 aromatic heterocycles. The van der Waals surface area contributed by atoms with Crippen molar-refractivity contribution in [3.8, 4) is 0 Å². The van der Waals surface area contributed by atoms with Gasteiger partial charge in [0.2, 0.25) is 0 Å². The van der Waals surface area contributed by atoms with Gasteiger partial charge >= 0.3 is 11.9 Å². The van der Waals surface area contributed by atoms with Crippen LogP contribution in [-0.2, 0) is 32.7 Å². The standard InChI is InChI=1S/C51H98NO8P/c1-6-8-10-12-14-16-18-20-22-23-24-25-26-27-28-29-30-32-34-36-38-40-42-44-51(54)60-49(48-59-61(55,56)58-46-45-52(3,4)5)47-57-50(53)43-41-39-37-35-33-31-21-19-17-15-13-11-9-7-2/h19,21,36,38,49H,6-18,20,22-35,37,39-48H2,1-5H3/b21-19+,38-36+/t49-/m1/s1. The zero-order chi connectivity index (χ0) is 45.0. The van der Waals surface area contributed by atoms with E-state index in [1.165, 1.54) is 154 Å². The summed E-state index contributed by atoms with van der Waals surface area (Å²) in [6, 6.07) is 0. The molecule has 360 valence electrons. The van der Waals surface area contributed by atoms with Crippen molar-refractivity contribution in [3.63, 3.8) is 0 Å². The molecule has 0 bridgehead atoms. The molecule has 61 heavy (non-hydrogen) atoms. The van der Waals surface area contributed by atoms with Gasteiger partial charge in [-0.3, -0.25) is 14.2 Å². The SMILES string of the molecule is CCCCCCC/C=C/CCCCCCCC(=O)OC[C@H](COP(=O)([O-])OCC[N+](C)(C)C)OC(=O)CCC/C=C/CCCCCCCCCCCCCCCCCCCC. The van der Waals surface area contributed by atoms with E-state index in [2.05, 4.69) is 38.2 Å². The molecule has 0 N–H and O–H groups in total. The molecule has 0 radical (unpaired) electrons. The maximum atomic E-state index is 12.7. The maximum Gasteiger partial charge on any atom is 0.306 e. The fourth-order valence-corrected chi connectivity index (χ4v) is 7.91. The van der Waals surface area contributed by atoms with Crippen molar-refractivity contribution in [2.75, 3.05) is 47.5 Å². The highest BCUT2D eigenvalue weighted by Gasteiger charge is 2.21. The number of rotatable bonds is 47. The average molecular weight is 884 g/mol. The van der Waals surface area contributed by atoms with E-state index >= 15 is 0 Å². The molecule has 0 saturated carbocycles. The van der Waals surface area contributed by atoms with Gasteiger partial charge in [-0.25, -0.2) is 0 Å². The van der Waals surface area contributed by atoms with Crippen LogP contribution in [0.1, 0.15) is 239 Å². The molecule has 10 heteroatoms. The molecule has 0 heterocycles. The number of hydrogen-bond acceptors (Lipinski definition) is 8. The zero-order valence-electron chi connectivity index (χ0n) is 40.6. The zero-order valence-corrected chi connectivity index (χ0v) is 41.5. The van der Waals surface area contributed by atoms with Crippen LogP contribution in [0, 0.1) is 0 Å². The molecule has 0 aromatic rings. The van der Waals surface area contributed by atoms with E-state index in [4.69, 9.17) is 18.5 Å². The summed E-state index contributed by atoms with van der Waals surface area (Å²) in [5.41, 5.74) is 0. The molecule has 0 aliphatic carbocycles. The number of hydrogen-bond donors (Lipinski definition) is 0. The van der Waals surface area contributed by atoms with Gasteiger partial charge in [0.1, 0.15) is 19.8 Å². The van der Waals surface area contributed by atoms with E-state index < -0.39 is 32.5 Å². The first-order valence-electron chi connectivity index (χ1n) is 25.5. The highest BCUT2D eigenvalue weighted by molar-refractivity contribution is 7.45. The van der Waals surface area contributed by atoms with Crippen LogP contribution in [0.15, 0.2) is 24.3 Å². The van der Waals surface area contributed by atoms with E-state index in [1.54, 1.807) is 0 Å². The Morgan fingerprint density at radius 2 is 0.852 bits per heavy atom. The molecule has 0 rings (SSSR count). The summed E-state index contributed by atoms with van der Waals surface area (Å²) in [7, 11) is 1.15. The number of esters is 2. The van der Waals surface area contributed by atoms with Crippen LogP contribution < -0.4 is 4.89 Å². The highest BCUT2D eigenvalue weighted by atomic mass is 31.2. The van der Waals surface area contributed by atoms with E-state index in [0.29, 0.717) is 17.4 Å². The molecule has 0 aliphatic heterocycles. The molecule has 0 saturated heterocycles.